The lowest BCUT2D eigenvalue weighted by molar-refractivity contribution is -0.384. The molecule has 304 valence electrons. The molecule has 0 aromatic carbocycles. The fraction of sp³-hybridized carbons (Fsp3) is 0.875. The molecule has 21 heteroatoms. The number of carbonyl (C=O) groups excluding carboxylic acids is 4. The second-order valence-corrected chi connectivity index (χ2v) is 13.4. The van der Waals surface area contributed by atoms with Gasteiger partial charge in [-0.15, -0.1) is 0 Å². The Morgan fingerprint density at radius 2 is 0.774 bits per heavy atom. The highest BCUT2D eigenvalue weighted by Gasteiger charge is 2.57. The van der Waals surface area contributed by atoms with Crippen LogP contribution in [0.15, 0.2) is 0 Å². The van der Waals surface area contributed by atoms with Crippen molar-refractivity contribution >= 4 is 23.9 Å². The van der Waals surface area contributed by atoms with E-state index in [1.54, 1.807) is 0 Å². The van der Waals surface area contributed by atoms with Crippen molar-refractivity contribution in [1.82, 2.24) is 0 Å². The minimum Gasteiger partial charge on any atom is -0.457 e. The molecule has 4 aliphatic heterocycles. The molecule has 53 heavy (non-hydrogen) atoms. The predicted molar refractivity (Wildman–Crippen MR) is 166 cm³/mol. The highest BCUT2D eigenvalue weighted by molar-refractivity contribution is 5.67. The van der Waals surface area contributed by atoms with Crippen LogP contribution in [0.2, 0.25) is 0 Å². The van der Waals surface area contributed by atoms with E-state index in [-0.39, 0.29) is 0 Å². The topological polar surface area (TPSA) is 291 Å². The highest BCUT2D eigenvalue weighted by atomic mass is 16.8. The van der Waals surface area contributed by atoms with Crippen LogP contribution >= 0.6 is 0 Å². The number of esters is 4. The lowest BCUT2D eigenvalue weighted by Crippen LogP contribution is -2.67. The Hall–Kier alpha value is -2.64. The van der Waals surface area contributed by atoms with Crippen molar-refractivity contribution < 1.29 is 102 Å². The summed E-state index contributed by atoms with van der Waals surface area (Å²) in [4.78, 5) is 48.8. The summed E-state index contributed by atoms with van der Waals surface area (Å²) in [6, 6.07) is 0. The lowest BCUT2D eigenvalue weighted by atomic mass is 9.95. The van der Waals surface area contributed by atoms with Crippen LogP contribution in [-0.2, 0) is 71.3 Å². The fourth-order valence-corrected chi connectivity index (χ4v) is 6.59. The Labute approximate surface area is 304 Å². The van der Waals surface area contributed by atoms with Crippen LogP contribution in [-0.4, -0.2) is 177 Å². The number of ether oxygens (including phenoxy) is 11. The molecule has 4 fully saturated rings. The molecule has 20 atom stereocenters. The number of carbonyl (C=O) groups is 4. The molecule has 4 heterocycles. The van der Waals surface area contributed by atoms with Gasteiger partial charge in [-0.25, -0.2) is 0 Å². The van der Waals surface area contributed by atoms with Crippen molar-refractivity contribution in [3.63, 3.8) is 0 Å². The minimum absolute atomic E-state index is 0.810. The van der Waals surface area contributed by atoms with Gasteiger partial charge in [0.05, 0.1) is 24.4 Å². The number of hydrogen-bond donors (Lipinski definition) is 6. The molecule has 0 radical (unpaired) electrons. The zero-order valence-electron chi connectivity index (χ0n) is 30.4. The smallest absolute Gasteiger partial charge is 0.303 e. The van der Waals surface area contributed by atoms with Crippen LogP contribution in [0.25, 0.3) is 0 Å². The van der Waals surface area contributed by atoms with E-state index in [9.17, 15) is 49.8 Å². The van der Waals surface area contributed by atoms with Crippen LogP contribution in [0.5, 0.6) is 0 Å². The van der Waals surface area contributed by atoms with Crippen LogP contribution in [0.4, 0.5) is 0 Å². The van der Waals surface area contributed by atoms with E-state index in [1.807, 2.05) is 0 Å². The van der Waals surface area contributed by atoms with Gasteiger partial charge in [0.15, 0.2) is 49.6 Å². The van der Waals surface area contributed by atoms with Gasteiger partial charge in [-0.05, 0) is 27.7 Å². The summed E-state index contributed by atoms with van der Waals surface area (Å²) < 4.78 is 62.5. The Morgan fingerprint density at radius 3 is 1.32 bits per heavy atom. The van der Waals surface area contributed by atoms with E-state index in [0.29, 0.717) is 0 Å². The molecule has 4 rings (SSSR count). The Morgan fingerprint density at radius 1 is 0.377 bits per heavy atom. The van der Waals surface area contributed by atoms with Gasteiger partial charge in [-0.3, -0.25) is 19.2 Å². The van der Waals surface area contributed by atoms with Gasteiger partial charge in [-0.2, -0.15) is 0 Å². The summed E-state index contributed by atoms with van der Waals surface area (Å²) in [5.74, 6) is -3.40. The van der Waals surface area contributed by atoms with Crippen molar-refractivity contribution in [2.45, 2.75) is 178 Å². The van der Waals surface area contributed by atoms with Crippen LogP contribution < -0.4 is 0 Å². The molecule has 21 nitrogen and oxygen atoms in total. The van der Waals surface area contributed by atoms with Crippen molar-refractivity contribution in [3.8, 4) is 0 Å². The first kappa shape index (κ1) is 43.1. The minimum atomic E-state index is -1.93. The summed E-state index contributed by atoms with van der Waals surface area (Å²) in [7, 11) is 0. The Balaban J connectivity index is 1.70. The third-order valence-electron chi connectivity index (χ3n) is 9.14. The number of aliphatic hydroxyl groups excluding tert-OH is 6. The van der Waals surface area contributed by atoms with E-state index >= 15 is 0 Å². The second-order valence-electron chi connectivity index (χ2n) is 13.4. The van der Waals surface area contributed by atoms with Gasteiger partial charge in [0.1, 0.15) is 48.8 Å². The molecule has 0 amide bonds. The van der Waals surface area contributed by atoms with Crippen LogP contribution in [0, 0.1) is 0 Å². The predicted octanol–water partition coefficient (Wildman–Crippen LogP) is -3.36. The molecule has 0 aliphatic carbocycles. The average Bonchev–Trinajstić information content (AvgIpc) is 3.05. The second kappa shape index (κ2) is 17.9. The number of aliphatic hydroxyl groups is 6. The highest BCUT2D eigenvalue weighted by Crippen LogP contribution is 2.37. The van der Waals surface area contributed by atoms with Crippen molar-refractivity contribution in [1.29, 1.82) is 0 Å². The van der Waals surface area contributed by atoms with Crippen molar-refractivity contribution in [2.75, 3.05) is 0 Å². The fourth-order valence-electron chi connectivity index (χ4n) is 6.59. The summed E-state index contributed by atoms with van der Waals surface area (Å²) >= 11 is 0. The first-order valence-electron chi connectivity index (χ1n) is 17.1. The van der Waals surface area contributed by atoms with Gasteiger partial charge in [0.25, 0.3) is 0 Å². The quantitative estimate of drug-likeness (QED) is 0.0934. The SMILES string of the molecule is CC(=O)O[C@@H]1[C@@H](O[C@@H]2O[C@@H](C)[C@H](OC(C)=O)[C@@H](O[C@@H]3O[C@@H](C)[C@H](O)[C@@H](O)[C@H]3OC(C)=O)[C@H]2O)[C@@H](OC(C)=O)[C@H](O[C@@H]2[C@@H](O)[C@H](C)OC(O)[C@@H]2O)O[C@H]1C. The molecule has 0 spiro atoms. The zero-order valence-corrected chi connectivity index (χ0v) is 30.4. The summed E-state index contributed by atoms with van der Waals surface area (Å²) in [6.45, 7) is 9.94. The van der Waals surface area contributed by atoms with Crippen LogP contribution in [0.1, 0.15) is 55.4 Å². The normalized spacial score (nSPS) is 46.2. The molecular weight excluding hydrogens is 720 g/mol. The first-order chi connectivity index (χ1) is 24.7. The van der Waals surface area contributed by atoms with Gasteiger partial charge < -0.3 is 82.7 Å². The molecule has 0 saturated carbocycles. The van der Waals surface area contributed by atoms with E-state index in [4.69, 9.17) is 52.1 Å². The molecule has 0 bridgehead atoms. The standard InChI is InChI=1S/C32H50O21/c1-9-17(37)19(39)26(49-15(7)35)31(44-9)52-25-21(41)30(45-11(3)22(25)47-13(5)33)53-27-23(48-14(6)34)12(4)46-32(28(27)50-16(8)36)51-24-18(38)10(2)43-29(42)20(24)40/h9-12,17-32,37-42H,1-8H3/t9-,10-,11-,12-,17-,18-,19+,20+,21+,22-,23-,24+,25-,26+,27+,28+,29?,30-,31-,32-/m0/s1. The molecule has 4 saturated heterocycles. The van der Waals surface area contributed by atoms with E-state index in [2.05, 4.69) is 0 Å². The average molecular weight is 771 g/mol. The maximum absolute atomic E-state index is 12.5. The lowest BCUT2D eigenvalue weighted by Gasteiger charge is -2.50. The third kappa shape index (κ3) is 9.97. The summed E-state index contributed by atoms with van der Waals surface area (Å²) in [5.41, 5.74) is 0. The maximum atomic E-state index is 12.5. The van der Waals surface area contributed by atoms with Gasteiger partial charge >= 0.3 is 23.9 Å². The molecular formula is C32H50O21. The maximum Gasteiger partial charge on any atom is 0.303 e. The third-order valence-corrected chi connectivity index (χ3v) is 9.14. The largest absolute Gasteiger partial charge is 0.457 e. The summed E-state index contributed by atoms with van der Waals surface area (Å²) in [6.07, 6.45) is -30.5. The molecule has 0 aromatic heterocycles. The molecule has 1 unspecified atom stereocenters. The molecule has 0 aromatic rings. The molecule has 4 aliphatic rings. The summed E-state index contributed by atoms with van der Waals surface area (Å²) in [5, 5.41) is 64.5. The zero-order chi connectivity index (χ0) is 39.6. The Bertz CT molecular complexity index is 1270. The number of hydrogen-bond acceptors (Lipinski definition) is 21. The van der Waals surface area contributed by atoms with Gasteiger partial charge in [-0.1, -0.05) is 0 Å². The van der Waals surface area contributed by atoms with Crippen LogP contribution in [0.3, 0.4) is 0 Å². The first-order valence-corrected chi connectivity index (χ1v) is 17.1. The van der Waals surface area contributed by atoms with E-state index < -0.39 is 147 Å². The van der Waals surface area contributed by atoms with Gasteiger partial charge in [0.2, 0.25) is 0 Å². The van der Waals surface area contributed by atoms with Crippen molar-refractivity contribution in [2.24, 2.45) is 0 Å². The van der Waals surface area contributed by atoms with Crippen molar-refractivity contribution in [3.05, 3.63) is 0 Å². The number of rotatable bonds is 10. The van der Waals surface area contributed by atoms with E-state index in [1.165, 1.54) is 27.7 Å². The molecule has 6 N–H and O–H groups in total. The van der Waals surface area contributed by atoms with Gasteiger partial charge in [0, 0.05) is 27.7 Å². The Kier molecular flexibility index (Phi) is 14.5. The van der Waals surface area contributed by atoms with E-state index in [0.717, 1.165) is 27.7 Å². The monoisotopic (exact) mass is 770 g/mol.